The van der Waals surface area contributed by atoms with Crippen molar-refractivity contribution in [2.24, 2.45) is 0 Å². The Kier molecular flexibility index (Phi) is 4.73. The summed E-state index contributed by atoms with van der Waals surface area (Å²) in [6, 6.07) is 11.5. The number of halogens is 1. The van der Waals surface area contributed by atoms with Crippen LogP contribution in [-0.4, -0.2) is 12.0 Å². The summed E-state index contributed by atoms with van der Waals surface area (Å²) >= 11 is 0. The summed E-state index contributed by atoms with van der Waals surface area (Å²) < 4.78 is 13.8. The maximum absolute atomic E-state index is 13.8. The van der Waals surface area contributed by atoms with Gasteiger partial charge in [0.15, 0.2) is 0 Å². The largest absolute Gasteiger partial charge is 0.311 e. The van der Waals surface area contributed by atoms with E-state index in [0.29, 0.717) is 5.69 Å². The van der Waals surface area contributed by atoms with Crippen LogP contribution in [0, 0.1) is 5.82 Å². The highest BCUT2D eigenvalue weighted by Crippen LogP contribution is 2.24. The van der Waals surface area contributed by atoms with Crippen molar-refractivity contribution in [1.82, 2.24) is 10.3 Å². The van der Waals surface area contributed by atoms with Gasteiger partial charge in [-0.05, 0) is 42.1 Å². The number of nitrogens with zero attached hydrogens (tertiary/aromatic N) is 1. The van der Waals surface area contributed by atoms with Crippen molar-refractivity contribution in [2.75, 3.05) is 7.05 Å². The zero-order valence-corrected chi connectivity index (χ0v) is 13.2. The van der Waals surface area contributed by atoms with Crippen LogP contribution in [0.4, 0.5) is 4.39 Å². The first-order valence-corrected chi connectivity index (χ1v) is 7.29. The maximum Gasteiger partial charge on any atom is 0.146 e. The Hall–Kier alpha value is -1.74. The second kappa shape index (κ2) is 6.35. The van der Waals surface area contributed by atoms with Crippen LogP contribution in [0.1, 0.15) is 43.6 Å². The second-order valence-electron chi connectivity index (χ2n) is 6.36. The maximum atomic E-state index is 13.8. The summed E-state index contributed by atoms with van der Waals surface area (Å²) in [6.45, 7) is 6.59. The van der Waals surface area contributed by atoms with Gasteiger partial charge >= 0.3 is 0 Å². The standard InChI is InChI=1S/C18H23FN2/c1-18(2,3)14-9-7-13(8-10-14)12-16(20-4)17-15(19)6-5-11-21-17/h5-11,16,20H,12H2,1-4H3. The van der Waals surface area contributed by atoms with Crippen LogP contribution in [0.25, 0.3) is 0 Å². The summed E-state index contributed by atoms with van der Waals surface area (Å²) in [5, 5.41) is 3.15. The average Bonchev–Trinajstić information content (AvgIpc) is 2.45. The second-order valence-corrected chi connectivity index (χ2v) is 6.36. The Balaban J connectivity index is 2.18. The number of pyridine rings is 1. The molecule has 0 amide bonds. The van der Waals surface area contributed by atoms with Crippen molar-refractivity contribution >= 4 is 0 Å². The van der Waals surface area contributed by atoms with Crippen molar-refractivity contribution in [2.45, 2.75) is 38.6 Å². The van der Waals surface area contributed by atoms with Crippen molar-refractivity contribution in [3.05, 3.63) is 65.2 Å². The molecule has 0 aliphatic rings. The molecule has 0 aliphatic carbocycles. The number of hydrogen-bond acceptors (Lipinski definition) is 2. The van der Waals surface area contributed by atoms with Crippen molar-refractivity contribution in [3.63, 3.8) is 0 Å². The number of aromatic nitrogens is 1. The van der Waals surface area contributed by atoms with E-state index in [1.165, 1.54) is 17.2 Å². The van der Waals surface area contributed by atoms with Gasteiger partial charge in [0.1, 0.15) is 5.82 Å². The molecule has 0 aliphatic heterocycles. The molecule has 1 unspecified atom stereocenters. The zero-order chi connectivity index (χ0) is 15.5. The van der Waals surface area contributed by atoms with Gasteiger partial charge in [-0.1, -0.05) is 45.0 Å². The molecule has 112 valence electrons. The number of rotatable bonds is 4. The molecule has 0 radical (unpaired) electrons. The van der Waals surface area contributed by atoms with Gasteiger partial charge in [0.25, 0.3) is 0 Å². The van der Waals surface area contributed by atoms with Crippen LogP contribution in [0.15, 0.2) is 42.6 Å². The highest BCUT2D eigenvalue weighted by molar-refractivity contribution is 5.28. The van der Waals surface area contributed by atoms with Crippen LogP contribution in [0.5, 0.6) is 0 Å². The molecular formula is C18H23FN2. The highest BCUT2D eigenvalue weighted by Gasteiger charge is 2.17. The van der Waals surface area contributed by atoms with E-state index in [2.05, 4.69) is 55.3 Å². The van der Waals surface area contributed by atoms with Crippen LogP contribution in [-0.2, 0) is 11.8 Å². The van der Waals surface area contributed by atoms with Gasteiger partial charge < -0.3 is 5.32 Å². The molecule has 0 bridgehead atoms. The third-order valence-corrected chi connectivity index (χ3v) is 3.73. The minimum Gasteiger partial charge on any atom is -0.311 e. The summed E-state index contributed by atoms with van der Waals surface area (Å²) in [6.07, 6.45) is 2.35. The summed E-state index contributed by atoms with van der Waals surface area (Å²) in [7, 11) is 1.84. The molecule has 2 aromatic rings. The Morgan fingerprint density at radius 3 is 2.33 bits per heavy atom. The van der Waals surface area contributed by atoms with Crippen molar-refractivity contribution in [3.8, 4) is 0 Å². The zero-order valence-electron chi connectivity index (χ0n) is 13.2. The number of nitrogens with one attached hydrogen (secondary N) is 1. The molecule has 3 heteroatoms. The van der Waals surface area contributed by atoms with Crippen LogP contribution in [0.2, 0.25) is 0 Å². The monoisotopic (exact) mass is 286 g/mol. The smallest absolute Gasteiger partial charge is 0.146 e. The first kappa shape index (κ1) is 15.6. The first-order chi connectivity index (χ1) is 9.91. The number of hydrogen-bond donors (Lipinski definition) is 1. The van der Waals surface area contributed by atoms with E-state index in [1.807, 2.05) is 7.05 Å². The molecule has 1 aromatic carbocycles. The van der Waals surface area contributed by atoms with Gasteiger partial charge in [0.05, 0.1) is 11.7 Å². The van der Waals surface area contributed by atoms with Crippen molar-refractivity contribution < 1.29 is 4.39 Å². The Labute approximate surface area is 126 Å². The van der Waals surface area contributed by atoms with E-state index in [4.69, 9.17) is 0 Å². The molecule has 2 nitrogen and oxygen atoms in total. The van der Waals surface area contributed by atoms with E-state index in [9.17, 15) is 4.39 Å². The predicted octanol–water partition coefficient (Wildman–Crippen LogP) is 4.02. The molecular weight excluding hydrogens is 263 g/mol. The third kappa shape index (κ3) is 3.88. The molecule has 2 rings (SSSR count). The van der Waals surface area contributed by atoms with Gasteiger partial charge in [0.2, 0.25) is 0 Å². The lowest BCUT2D eigenvalue weighted by Gasteiger charge is -2.20. The molecule has 1 heterocycles. The van der Waals surface area contributed by atoms with E-state index in [1.54, 1.807) is 12.3 Å². The minimum absolute atomic E-state index is 0.119. The van der Waals surface area contributed by atoms with E-state index in [0.717, 1.165) is 6.42 Å². The minimum atomic E-state index is -0.261. The Morgan fingerprint density at radius 2 is 1.81 bits per heavy atom. The van der Waals surface area contributed by atoms with E-state index in [-0.39, 0.29) is 17.3 Å². The Morgan fingerprint density at radius 1 is 1.14 bits per heavy atom. The summed E-state index contributed by atoms with van der Waals surface area (Å²) in [4.78, 5) is 4.16. The number of benzene rings is 1. The molecule has 0 spiro atoms. The highest BCUT2D eigenvalue weighted by atomic mass is 19.1. The van der Waals surface area contributed by atoms with Crippen LogP contribution >= 0.6 is 0 Å². The SMILES string of the molecule is CNC(Cc1ccc(C(C)(C)C)cc1)c1ncccc1F. The fourth-order valence-electron chi connectivity index (χ4n) is 2.37. The van der Waals surface area contributed by atoms with Gasteiger partial charge in [-0.2, -0.15) is 0 Å². The molecule has 0 saturated carbocycles. The quantitative estimate of drug-likeness (QED) is 0.918. The molecule has 1 atom stereocenters. The number of likely N-dealkylation sites (N-methyl/N-ethyl adjacent to an activating group) is 1. The third-order valence-electron chi connectivity index (χ3n) is 3.73. The van der Waals surface area contributed by atoms with E-state index >= 15 is 0 Å². The molecule has 1 N–H and O–H groups in total. The first-order valence-electron chi connectivity index (χ1n) is 7.29. The van der Waals surface area contributed by atoms with Gasteiger partial charge in [-0.3, -0.25) is 4.98 Å². The Bertz CT molecular complexity index is 585. The van der Waals surface area contributed by atoms with Crippen molar-refractivity contribution in [1.29, 1.82) is 0 Å². The van der Waals surface area contributed by atoms with Gasteiger partial charge in [0, 0.05) is 6.20 Å². The lowest BCUT2D eigenvalue weighted by Crippen LogP contribution is -2.21. The van der Waals surface area contributed by atoms with Crippen LogP contribution in [0.3, 0.4) is 0 Å². The lowest BCUT2D eigenvalue weighted by molar-refractivity contribution is 0.516. The molecule has 21 heavy (non-hydrogen) atoms. The van der Waals surface area contributed by atoms with Gasteiger partial charge in [-0.15, -0.1) is 0 Å². The average molecular weight is 286 g/mol. The fraction of sp³-hybridized carbons (Fsp3) is 0.389. The molecule has 1 aromatic heterocycles. The normalized spacial score (nSPS) is 13.2. The van der Waals surface area contributed by atoms with Gasteiger partial charge in [-0.25, -0.2) is 4.39 Å². The summed E-state index contributed by atoms with van der Waals surface area (Å²) in [5.41, 5.74) is 3.09. The van der Waals surface area contributed by atoms with E-state index < -0.39 is 0 Å². The summed E-state index contributed by atoms with van der Waals surface area (Å²) in [5.74, 6) is -0.261. The fourth-order valence-corrected chi connectivity index (χ4v) is 2.37. The molecule has 0 fully saturated rings. The molecule has 0 saturated heterocycles. The topological polar surface area (TPSA) is 24.9 Å². The predicted molar refractivity (Wildman–Crippen MR) is 84.8 cm³/mol. The van der Waals surface area contributed by atoms with Crippen LogP contribution < -0.4 is 5.32 Å². The lowest BCUT2D eigenvalue weighted by atomic mass is 9.86.